The predicted molar refractivity (Wildman–Crippen MR) is 77.0 cm³/mol. The van der Waals surface area contributed by atoms with Gasteiger partial charge >= 0.3 is 5.97 Å². The Kier molecular flexibility index (Phi) is 3.99. The Morgan fingerprint density at radius 3 is 2.82 bits per heavy atom. The Labute approximate surface area is 126 Å². The summed E-state index contributed by atoms with van der Waals surface area (Å²) in [5, 5.41) is 12.2. The Morgan fingerprint density at radius 2 is 2.05 bits per heavy atom. The molecule has 3 aromatic rings. The predicted octanol–water partition coefficient (Wildman–Crippen LogP) is 1.54. The first-order valence-electron chi connectivity index (χ1n) is 6.96. The average Bonchev–Trinajstić information content (AvgIpc) is 2.99. The maximum atomic E-state index is 12.0. The monoisotopic (exact) mass is 298 g/mol. The van der Waals surface area contributed by atoms with Crippen molar-refractivity contribution in [3.05, 3.63) is 36.3 Å². The van der Waals surface area contributed by atoms with Crippen LogP contribution in [0.25, 0.3) is 17.3 Å². The number of carbonyl (C=O) groups excluding carboxylic acids is 1. The summed E-state index contributed by atoms with van der Waals surface area (Å²) in [5.41, 5.74) is 0.702. The van der Waals surface area contributed by atoms with E-state index < -0.39 is 5.97 Å². The third-order valence-corrected chi connectivity index (χ3v) is 2.97. The lowest BCUT2D eigenvalue weighted by molar-refractivity contribution is 0.0491. The first-order valence-corrected chi connectivity index (χ1v) is 6.96. The van der Waals surface area contributed by atoms with E-state index in [1.54, 1.807) is 30.6 Å². The number of esters is 1. The molecule has 0 amide bonds. The summed E-state index contributed by atoms with van der Waals surface area (Å²) in [7, 11) is 0. The van der Waals surface area contributed by atoms with Gasteiger partial charge in [-0.15, -0.1) is 10.2 Å². The summed E-state index contributed by atoms with van der Waals surface area (Å²) < 4.78 is 6.59. The molecule has 22 heavy (non-hydrogen) atoms. The quantitative estimate of drug-likeness (QED) is 0.520. The van der Waals surface area contributed by atoms with Crippen molar-refractivity contribution in [1.29, 1.82) is 0 Å². The van der Waals surface area contributed by atoms with Gasteiger partial charge in [-0.25, -0.2) is 14.8 Å². The standard InChI is InChI=1S/C14H14N6O2/c1-2-3-9-22-14(21)10-5-6-11-17-18-13(20(11)19-10)12-15-7-4-8-16-12/h4-8H,2-3,9H2,1H3. The van der Waals surface area contributed by atoms with Crippen molar-refractivity contribution in [2.75, 3.05) is 6.61 Å². The molecule has 0 bridgehead atoms. The van der Waals surface area contributed by atoms with E-state index in [4.69, 9.17) is 4.74 Å². The zero-order valence-corrected chi connectivity index (χ0v) is 12.0. The lowest BCUT2D eigenvalue weighted by Crippen LogP contribution is -2.11. The van der Waals surface area contributed by atoms with E-state index in [9.17, 15) is 4.79 Å². The van der Waals surface area contributed by atoms with Gasteiger partial charge in [0, 0.05) is 12.4 Å². The lowest BCUT2D eigenvalue weighted by Gasteiger charge is -2.03. The highest BCUT2D eigenvalue weighted by Crippen LogP contribution is 2.12. The van der Waals surface area contributed by atoms with Crippen molar-refractivity contribution < 1.29 is 9.53 Å². The van der Waals surface area contributed by atoms with E-state index in [0.717, 1.165) is 12.8 Å². The highest BCUT2D eigenvalue weighted by Gasteiger charge is 2.15. The second-order valence-corrected chi connectivity index (χ2v) is 4.57. The van der Waals surface area contributed by atoms with Gasteiger partial charge in [0.15, 0.2) is 17.2 Å². The molecule has 0 radical (unpaired) electrons. The summed E-state index contributed by atoms with van der Waals surface area (Å²) in [5.74, 6) is 0.293. The fourth-order valence-electron chi connectivity index (χ4n) is 1.83. The summed E-state index contributed by atoms with van der Waals surface area (Å²) in [4.78, 5) is 20.2. The van der Waals surface area contributed by atoms with Crippen molar-refractivity contribution in [2.24, 2.45) is 0 Å². The number of unbranched alkanes of at least 4 members (excludes halogenated alkanes) is 1. The van der Waals surface area contributed by atoms with Crippen LogP contribution in [0.5, 0.6) is 0 Å². The molecule has 0 aliphatic carbocycles. The molecule has 8 nitrogen and oxygen atoms in total. The number of aromatic nitrogens is 6. The van der Waals surface area contributed by atoms with Crippen LogP contribution in [0.1, 0.15) is 30.3 Å². The number of rotatable bonds is 5. The van der Waals surface area contributed by atoms with Gasteiger partial charge in [0.05, 0.1) is 6.61 Å². The van der Waals surface area contributed by atoms with Crippen LogP contribution in [-0.4, -0.2) is 42.4 Å². The molecule has 0 spiro atoms. The van der Waals surface area contributed by atoms with Gasteiger partial charge in [0.1, 0.15) is 0 Å². The van der Waals surface area contributed by atoms with Crippen molar-refractivity contribution in [3.63, 3.8) is 0 Å². The van der Waals surface area contributed by atoms with E-state index in [1.165, 1.54) is 4.52 Å². The van der Waals surface area contributed by atoms with Gasteiger partial charge in [-0.3, -0.25) is 0 Å². The minimum atomic E-state index is -0.469. The zero-order valence-electron chi connectivity index (χ0n) is 12.0. The first kappa shape index (κ1) is 14.1. The Hall–Kier alpha value is -2.90. The largest absolute Gasteiger partial charge is 0.461 e. The van der Waals surface area contributed by atoms with Gasteiger partial charge in [0.2, 0.25) is 5.82 Å². The molecule has 3 heterocycles. The molecular formula is C14H14N6O2. The van der Waals surface area contributed by atoms with Crippen molar-refractivity contribution in [2.45, 2.75) is 19.8 Å². The van der Waals surface area contributed by atoms with Crippen molar-refractivity contribution in [1.82, 2.24) is 29.8 Å². The van der Waals surface area contributed by atoms with Gasteiger partial charge in [-0.2, -0.15) is 9.61 Å². The third-order valence-electron chi connectivity index (χ3n) is 2.97. The first-order chi connectivity index (χ1) is 10.8. The topological polar surface area (TPSA) is 95.2 Å². The van der Waals surface area contributed by atoms with Crippen LogP contribution in [0.4, 0.5) is 0 Å². The van der Waals surface area contributed by atoms with E-state index >= 15 is 0 Å². The number of nitrogens with zero attached hydrogens (tertiary/aromatic N) is 6. The number of ether oxygens (including phenoxy) is 1. The lowest BCUT2D eigenvalue weighted by atomic mass is 10.3. The van der Waals surface area contributed by atoms with Crippen LogP contribution in [-0.2, 0) is 4.74 Å². The Bertz CT molecular complexity index is 786. The second-order valence-electron chi connectivity index (χ2n) is 4.57. The van der Waals surface area contributed by atoms with Crippen LogP contribution in [0.3, 0.4) is 0 Å². The second kappa shape index (κ2) is 6.25. The smallest absolute Gasteiger partial charge is 0.358 e. The van der Waals surface area contributed by atoms with Crippen LogP contribution in [0.15, 0.2) is 30.6 Å². The Balaban J connectivity index is 1.93. The number of carbonyl (C=O) groups is 1. The third kappa shape index (κ3) is 2.76. The highest BCUT2D eigenvalue weighted by atomic mass is 16.5. The molecule has 112 valence electrons. The average molecular weight is 298 g/mol. The van der Waals surface area contributed by atoms with Crippen molar-refractivity contribution >= 4 is 11.6 Å². The van der Waals surface area contributed by atoms with Gasteiger partial charge in [-0.1, -0.05) is 13.3 Å². The minimum Gasteiger partial charge on any atom is -0.461 e. The molecule has 8 heteroatoms. The molecule has 0 fully saturated rings. The molecule has 0 N–H and O–H groups in total. The normalized spacial score (nSPS) is 10.8. The number of hydrogen-bond acceptors (Lipinski definition) is 7. The molecule has 0 atom stereocenters. The Morgan fingerprint density at radius 1 is 1.23 bits per heavy atom. The molecule has 0 unspecified atom stereocenters. The molecular weight excluding hydrogens is 284 g/mol. The molecule has 0 aliphatic heterocycles. The maximum absolute atomic E-state index is 12.0. The van der Waals surface area contributed by atoms with Crippen LogP contribution in [0.2, 0.25) is 0 Å². The minimum absolute atomic E-state index is 0.195. The fourth-order valence-corrected chi connectivity index (χ4v) is 1.83. The molecule has 0 saturated heterocycles. The summed E-state index contributed by atoms with van der Waals surface area (Å²) in [6.07, 6.45) is 4.99. The molecule has 0 aliphatic rings. The number of fused-ring (bicyclic) bond motifs is 1. The SMILES string of the molecule is CCCCOC(=O)c1ccc2nnc(-c3ncccn3)n2n1. The number of hydrogen-bond donors (Lipinski definition) is 0. The molecule has 3 rings (SSSR count). The van der Waals surface area contributed by atoms with Crippen molar-refractivity contribution in [3.8, 4) is 11.6 Å². The van der Waals surface area contributed by atoms with E-state index in [1.807, 2.05) is 6.92 Å². The zero-order chi connectivity index (χ0) is 15.4. The summed E-state index contributed by atoms with van der Waals surface area (Å²) in [6, 6.07) is 4.92. The van der Waals surface area contributed by atoms with Gasteiger partial charge < -0.3 is 4.74 Å². The van der Waals surface area contributed by atoms with Gasteiger partial charge in [-0.05, 0) is 24.6 Å². The van der Waals surface area contributed by atoms with E-state index in [-0.39, 0.29) is 5.69 Å². The molecule has 0 aromatic carbocycles. The molecule has 3 aromatic heterocycles. The van der Waals surface area contributed by atoms with Crippen LogP contribution < -0.4 is 0 Å². The fraction of sp³-hybridized carbons (Fsp3) is 0.286. The summed E-state index contributed by atoms with van der Waals surface area (Å²) >= 11 is 0. The van der Waals surface area contributed by atoms with Crippen LogP contribution in [0, 0.1) is 0 Å². The van der Waals surface area contributed by atoms with E-state index in [0.29, 0.717) is 23.9 Å². The highest BCUT2D eigenvalue weighted by molar-refractivity contribution is 5.87. The van der Waals surface area contributed by atoms with E-state index in [2.05, 4.69) is 25.3 Å². The van der Waals surface area contributed by atoms with Crippen LogP contribution >= 0.6 is 0 Å². The van der Waals surface area contributed by atoms with Gasteiger partial charge in [0.25, 0.3) is 0 Å². The summed E-state index contributed by atoms with van der Waals surface area (Å²) in [6.45, 7) is 2.41. The molecule has 0 saturated carbocycles. The maximum Gasteiger partial charge on any atom is 0.358 e.